The molecule has 0 aliphatic carbocycles. The fourth-order valence-electron chi connectivity index (χ4n) is 2.98. The lowest BCUT2D eigenvalue weighted by atomic mass is 10.1. The van der Waals surface area contributed by atoms with E-state index in [4.69, 9.17) is 10.5 Å². The first-order valence-electron chi connectivity index (χ1n) is 8.20. The van der Waals surface area contributed by atoms with E-state index >= 15 is 0 Å². The molecule has 0 spiro atoms. The second-order valence-electron chi connectivity index (χ2n) is 7.19. The highest BCUT2D eigenvalue weighted by molar-refractivity contribution is 5.94. The molecular weight excluding hydrogens is 304 g/mol. The Balaban J connectivity index is 1.71. The SMILES string of the molecule is CC(C)(C)OC(=O)N[C@@H]1CCN(c2nccc3cc(N)ccc23)C1. The number of nitrogen functional groups attached to an aromatic ring is 1. The number of hydrogen-bond acceptors (Lipinski definition) is 5. The van der Waals surface area contributed by atoms with Gasteiger partial charge in [0.25, 0.3) is 0 Å². The van der Waals surface area contributed by atoms with Crippen LogP contribution in [0.2, 0.25) is 0 Å². The largest absolute Gasteiger partial charge is 0.444 e. The summed E-state index contributed by atoms with van der Waals surface area (Å²) in [6.07, 6.45) is 2.30. The molecule has 0 saturated carbocycles. The van der Waals surface area contributed by atoms with Gasteiger partial charge in [0.05, 0.1) is 6.04 Å². The van der Waals surface area contributed by atoms with Gasteiger partial charge in [-0.3, -0.25) is 0 Å². The molecule has 1 amide bonds. The van der Waals surface area contributed by atoms with Gasteiger partial charge in [0, 0.05) is 30.4 Å². The summed E-state index contributed by atoms with van der Waals surface area (Å²) >= 11 is 0. The minimum atomic E-state index is -0.487. The number of carbonyl (C=O) groups is 1. The maximum Gasteiger partial charge on any atom is 0.407 e. The first-order chi connectivity index (χ1) is 11.3. The van der Waals surface area contributed by atoms with Crippen LogP contribution in [0, 0.1) is 0 Å². The molecule has 2 heterocycles. The Bertz CT molecular complexity index is 754. The van der Waals surface area contributed by atoms with E-state index in [-0.39, 0.29) is 12.1 Å². The van der Waals surface area contributed by atoms with Gasteiger partial charge in [-0.05, 0) is 56.8 Å². The summed E-state index contributed by atoms with van der Waals surface area (Å²) in [5, 5.41) is 5.09. The topological polar surface area (TPSA) is 80.5 Å². The number of nitrogens with one attached hydrogen (secondary N) is 1. The van der Waals surface area contributed by atoms with E-state index in [0.717, 1.165) is 41.8 Å². The van der Waals surface area contributed by atoms with Crippen molar-refractivity contribution in [3.8, 4) is 0 Å². The maximum absolute atomic E-state index is 11.9. The van der Waals surface area contributed by atoms with Gasteiger partial charge in [0.1, 0.15) is 11.4 Å². The van der Waals surface area contributed by atoms with Gasteiger partial charge in [-0.15, -0.1) is 0 Å². The molecule has 0 unspecified atom stereocenters. The monoisotopic (exact) mass is 328 g/mol. The van der Waals surface area contributed by atoms with Crippen molar-refractivity contribution in [2.75, 3.05) is 23.7 Å². The van der Waals surface area contributed by atoms with Crippen molar-refractivity contribution in [1.82, 2.24) is 10.3 Å². The molecular formula is C18H24N4O2. The zero-order valence-corrected chi connectivity index (χ0v) is 14.4. The Morgan fingerprint density at radius 3 is 2.92 bits per heavy atom. The number of ether oxygens (including phenoxy) is 1. The number of hydrogen-bond donors (Lipinski definition) is 2. The van der Waals surface area contributed by atoms with E-state index in [1.165, 1.54) is 0 Å². The number of rotatable bonds is 2. The molecule has 1 aromatic heterocycles. The van der Waals surface area contributed by atoms with E-state index < -0.39 is 5.60 Å². The Morgan fingerprint density at radius 2 is 2.17 bits per heavy atom. The summed E-state index contributed by atoms with van der Waals surface area (Å²) in [4.78, 5) is 18.7. The summed E-state index contributed by atoms with van der Waals surface area (Å²) in [5.74, 6) is 0.931. The molecule has 3 rings (SSSR count). The van der Waals surface area contributed by atoms with Gasteiger partial charge in [-0.2, -0.15) is 0 Å². The van der Waals surface area contributed by atoms with Gasteiger partial charge in [-0.25, -0.2) is 9.78 Å². The third-order valence-corrected chi connectivity index (χ3v) is 3.98. The number of anilines is 2. The van der Waals surface area contributed by atoms with Crippen molar-refractivity contribution < 1.29 is 9.53 Å². The zero-order valence-electron chi connectivity index (χ0n) is 14.4. The predicted octanol–water partition coefficient (Wildman–Crippen LogP) is 2.92. The first kappa shape index (κ1) is 16.4. The van der Waals surface area contributed by atoms with E-state index in [2.05, 4.69) is 15.2 Å². The number of fused-ring (bicyclic) bond motifs is 1. The summed E-state index contributed by atoms with van der Waals surface area (Å²) < 4.78 is 5.33. The molecule has 24 heavy (non-hydrogen) atoms. The highest BCUT2D eigenvalue weighted by Crippen LogP contribution is 2.28. The summed E-state index contributed by atoms with van der Waals surface area (Å²) in [6, 6.07) is 7.86. The third-order valence-electron chi connectivity index (χ3n) is 3.98. The summed E-state index contributed by atoms with van der Waals surface area (Å²) in [6.45, 7) is 7.14. The molecule has 6 heteroatoms. The van der Waals surface area contributed by atoms with Crippen LogP contribution < -0.4 is 16.0 Å². The normalized spacial score (nSPS) is 18.0. The van der Waals surface area contributed by atoms with Crippen LogP contribution in [-0.4, -0.2) is 35.8 Å². The van der Waals surface area contributed by atoms with Crippen molar-refractivity contribution >= 4 is 28.4 Å². The lowest BCUT2D eigenvalue weighted by Crippen LogP contribution is -2.40. The number of carbonyl (C=O) groups excluding carboxylic acids is 1. The minimum Gasteiger partial charge on any atom is -0.444 e. The minimum absolute atomic E-state index is 0.0608. The quantitative estimate of drug-likeness (QED) is 0.829. The second kappa shape index (κ2) is 6.19. The molecule has 1 atom stereocenters. The Hall–Kier alpha value is -2.50. The fraction of sp³-hybridized carbons (Fsp3) is 0.444. The Kier molecular flexibility index (Phi) is 4.22. The molecule has 2 aromatic rings. The molecule has 1 aliphatic rings. The van der Waals surface area contributed by atoms with Crippen LogP contribution in [0.25, 0.3) is 10.8 Å². The van der Waals surface area contributed by atoms with Gasteiger partial charge < -0.3 is 20.7 Å². The van der Waals surface area contributed by atoms with Gasteiger partial charge >= 0.3 is 6.09 Å². The molecule has 1 aromatic carbocycles. The van der Waals surface area contributed by atoms with Crippen LogP contribution in [0.15, 0.2) is 30.5 Å². The number of alkyl carbamates (subject to hydrolysis) is 1. The van der Waals surface area contributed by atoms with Crippen molar-refractivity contribution in [2.24, 2.45) is 0 Å². The number of pyridine rings is 1. The van der Waals surface area contributed by atoms with Crippen molar-refractivity contribution in [3.05, 3.63) is 30.5 Å². The first-order valence-corrected chi connectivity index (χ1v) is 8.20. The number of benzene rings is 1. The van der Waals surface area contributed by atoms with Crippen LogP contribution in [0.5, 0.6) is 0 Å². The van der Waals surface area contributed by atoms with Crippen LogP contribution >= 0.6 is 0 Å². The number of aromatic nitrogens is 1. The lowest BCUT2D eigenvalue weighted by Gasteiger charge is -2.22. The van der Waals surface area contributed by atoms with Crippen LogP contribution in [0.4, 0.5) is 16.3 Å². The summed E-state index contributed by atoms with van der Waals surface area (Å²) in [5.41, 5.74) is 6.11. The smallest absolute Gasteiger partial charge is 0.407 e. The Morgan fingerprint density at radius 1 is 1.38 bits per heavy atom. The second-order valence-corrected chi connectivity index (χ2v) is 7.19. The zero-order chi connectivity index (χ0) is 17.3. The van der Waals surface area contributed by atoms with E-state index in [1.54, 1.807) is 6.20 Å². The van der Waals surface area contributed by atoms with Gasteiger partial charge in [0.2, 0.25) is 0 Å². The van der Waals surface area contributed by atoms with Crippen LogP contribution in [0.1, 0.15) is 27.2 Å². The average Bonchev–Trinajstić information content (AvgIpc) is 2.92. The predicted molar refractivity (Wildman–Crippen MR) is 96.1 cm³/mol. The standard InChI is InChI=1S/C18H24N4O2/c1-18(2,3)24-17(23)21-14-7-9-22(11-14)16-15-5-4-13(19)10-12(15)6-8-20-16/h4-6,8,10,14H,7,9,11,19H2,1-3H3,(H,21,23)/t14-/m1/s1. The number of nitrogens with zero attached hydrogens (tertiary/aromatic N) is 2. The highest BCUT2D eigenvalue weighted by atomic mass is 16.6. The molecule has 6 nitrogen and oxygen atoms in total. The number of amides is 1. The molecule has 0 radical (unpaired) electrons. The highest BCUT2D eigenvalue weighted by Gasteiger charge is 2.27. The molecule has 1 aliphatic heterocycles. The summed E-state index contributed by atoms with van der Waals surface area (Å²) in [7, 11) is 0. The van der Waals surface area contributed by atoms with Gasteiger partial charge in [-0.1, -0.05) is 0 Å². The van der Waals surface area contributed by atoms with E-state index in [0.29, 0.717) is 0 Å². The fourth-order valence-corrected chi connectivity index (χ4v) is 2.98. The van der Waals surface area contributed by atoms with E-state index in [1.807, 2.05) is 45.0 Å². The third kappa shape index (κ3) is 3.69. The molecule has 0 bridgehead atoms. The molecule has 1 saturated heterocycles. The lowest BCUT2D eigenvalue weighted by molar-refractivity contribution is 0.0509. The number of nitrogens with two attached hydrogens (primary N) is 1. The Labute approximate surface area is 142 Å². The van der Waals surface area contributed by atoms with E-state index in [9.17, 15) is 4.79 Å². The molecule has 1 fully saturated rings. The van der Waals surface area contributed by atoms with Crippen molar-refractivity contribution in [3.63, 3.8) is 0 Å². The van der Waals surface area contributed by atoms with Crippen LogP contribution in [0.3, 0.4) is 0 Å². The maximum atomic E-state index is 11.9. The van der Waals surface area contributed by atoms with Crippen molar-refractivity contribution in [1.29, 1.82) is 0 Å². The average molecular weight is 328 g/mol. The van der Waals surface area contributed by atoms with Gasteiger partial charge in [0.15, 0.2) is 0 Å². The van der Waals surface area contributed by atoms with Crippen LogP contribution in [-0.2, 0) is 4.74 Å². The molecule has 128 valence electrons. The molecule has 3 N–H and O–H groups in total. The van der Waals surface area contributed by atoms with Crippen molar-refractivity contribution in [2.45, 2.75) is 38.8 Å².